The molecule has 144 valence electrons. The summed E-state index contributed by atoms with van der Waals surface area (Å²) in [5.74, 6) is 1.80. The Labute approximate surface area is 190 Å². The van der Waals surface area contributed by atoms with Gasteiger partial charge in [-0.2, -0.15) is 0 Å². The fourth-order valence-corrected chi connectivity index (χ4v) is 4.45. The summed E-state index contributed by atoms with van der Waals surface area (Å²) in [6.45, 7) is 0. The van der Waals surface area contributed by atoms with E-state index in [0.717, 1.165) is 44.9 Å². The molecule has 0 spiro atoms. The summed E-state index contributed by atoms with van der Waals surface area (Å²) in [5, 5.41) is 0. The predicted octanol–water partition coefficient (Wildman–Crippen LogP) is 8.55. The average molecular weight is 498 g/mol. The molecule has 1 aromatic heterocycles. The number of furan rings is 1. The van der Waals surface area contributed by atoms with Gasteiger partial charge in [-0.3, -0.25) is 0 Å². The zero-order valence-corrected chi connectivity index (χ0v) is 18.4. The maximum atomic E-state index is 6.70. The molecule has 0 amide bonds. The van der Waals surface area contributed by atoms with Crippen LogP contribution in [-0.2, 0) is 0 Å². The molecule has 5 aromatic rings. The van der Waals surface area contributed by atoms with Crippen molar-refractivity contribution in [2.75, 3.05) is 0 Å². The standard InChI is InChI=1S/C28H19IO/c29-24-19-11-10-18-23(24)28-26(21-14-6-2-7-15-21)25(20-12-4-1-5-13-20)27(30-28)22-16-8-3-9-17-22/h1-19H. The molecule has 0 radical (unpaired) electrons. The van der Waals surface area contributed by atoms with Crippen LogP contribution in [0.25, 0.3) is 44.9 Å². The molecule has 0 atom stereocenters. The predicted molar refractivity (Wildman–Crippen MR) is 133 cm³/mol. The number of halogens is 1. The van der Waals surface area contributed by atoms with Crippen molar-refractivity contribution in [3.05, 3.63) is 119 Å². The zero-order chi connectivity index (χ0) is 20.3. The van der Waals surface area contributed by atoms with Crippen LogP contribution in [0.3, 0.4) is 0 Å². The second-order valence-corrected chi connectivity index (χ2v) is 8.25. The van der Waals surface area contributed by atoms with E-state index in [9.17, 15) is 0 Å². The van der Waals surface area contributed by atoms with Crippen LogP contribution in [0.5, 0.6) is 0 Å². The van der Waals surface area contributed by atoms with Crippen LogP contribution >= 0.6 is 22.6 Å². The molecule has 0 fully saturated rings. The highest BCUT2D eigenvalue weighted by Gasteiger charge is 2.25. The second kappa shape index (κ2) is 8.33. The van der Waals surface area contributed by atoms with Gasteiger partial charge in [-0.25, -0.2) is 0 Å². The van der Waals surface area contributed by atoms with E-state index >= 15 is 0 Å². The van der Waals surface area contributed by atoms with Gasteiger partial charge in [0.2, 0.25) is 0 Å². The van der Waals surface area contributed by atoms with Gasteiger partial charge in [0.1, 0.15) is 11.5 Å². The average Bonchev–Trinajstić information content (AvgIpc) is 3.21. The minimum atomic E-state index is 0.898. The van der Waals surface area contributed by atoms with Gasteiger partial charge in [-0.05, 0) is 39.8 Å². The topological polar surface area (TPSA) is 13.1 Å². The normalized spacial score (nSPS) is 10.8. The van der Waals surface area contributed by atoms with Gasteiger partial charge >= 0.3 is 0 Å². The molecule has 0 aliphatic heterocycles. The first kappa shape index (κ1) is 18.9. The largest absolute Gasteiger partial charge is 0.455 e. The van der Waals surface area contributed by atoms with E-state index in [-0.39, 0.29) is 0 Å². The molecular formula is C28H19IO. The molecule has 0 saturated heterocycles. The lowest BCUT2D eigenvalue weighted by Gasteiger charge is -2.09. The molecule has 0 aliphatic rings. The van der Waals surface area contributed by atoms with E-state index in [0.29, 0.717) is 0 Å². The minimum absolute atomic E-state index is 0.898. The Kier molecular flexibility index (Phi) is 5.24. The molecule has 0 saturated carbocycles. The molecular weight excluding hydrogens is 479 g/mol. The Morgan fingerprint density at radius 2 is 0.867 bits per heavy atom. The van der Waals surface area contributed by atoms with Crippen LogP contribution < -0.4 is 0 Å². The van der Waals surface area contributed by atoms with Crippen LogP contribution in [0.1, 0.15) is 0 Å². The Morgan fingerprint density at radius 3 is 1.40 bits per heavy atom. The molecule has 0 unspecified atom stereocenters. The van der Waals surface area contributed by atoms with Crippen LogP contribution in [0, 0.1) is 3.57 Å². The summed E-state index contributed by atoms with van der Waals surface area (Å²) in [7, 11) is 0. The lowest BCUT2D eigenvalue weighted by molar-refractivity contribution is 0.598. The van der Waals surface area contributed by atoms with Crippen molar-refractivity contribution in [2.24, 2.45) is 0 Å². The monoisotopic (exact) mass is 498 g/mol. The van der Waals surface area contributed by atoms with Crippen molar-refractivity contribution in [1.29, 1.82) is 0 Å². The van der Waals surface area contributed by atoms with Crippen LogP contribution in [0.15, 0.2) is 120 Å². The van der Waals surface area contributed by atoms with Crippen LogP contribution in [-0.4, -0.2) is 0 Å². The Hall–Kier alpha value is -3.11. The van der Waals surface area contributed by atoms with Crippen molar-refractivity contribution in [3.8, 4) is 44.9 Å². The van der Waals surface area contributed by atoms with Gasteiger partial charge in [0.05, 0.1) is 0 Å². The van der Waals surface area contributed by atoms with Gasteiger partial charge in [-0.15, -0.1) is 0 Å². The Morgan fingerprint density at radius 1 is 0.433 bits per heavy atom. The maximum absolute atomic E-state index is 6.70. The zero-order valence-electron chi connectivity index (χ0n) is 16.3. The summed E-state index contributed by atoms with van der Waals surface area (Å²) >= 11 is 2.39. The Bertz CT molecular complexity index is 1270. The van der Waals surface area contributed by atoms with Crippen molar-refractivity contribution in [2.45, 2.75) is 0 Å². The highest BCUT2D eigenvalue weighted by atomic mass is 127. The highest BCUT2D eigenvalue weighted by Crippen LogP contribution is 2.48. The van der Waals surface area contributed by atoms with Gasteiger partial charge in [0.25, 0.3) is 0 Å². The third-order valence-corrected chi connectivity index (χ3v) is 6.13. The van der Waals surface area contributed by atoms with E-state index < -0.39 is 0 Å². The van der Waals surface area contributed by atoms with Crippen LogP contribution in [0.4, 0.5) is 0 Å². The quantitative estimate of drug-likeness (QED) is 0.226. The Balaban J connectivity index is 1.91. The summed E-state index contributed by atoms with van der Waals surface area (Å²) in [6, 6.07) is 39.8. The fourth-order valence-electron chi connectivity index (χ4n) is 3.82. The molecule has 0 bridgehead atoms. The van der Waals surface area contributed by atoms with Gasteiger partial charge < -0.3 is 4.42 Å². The molecule has 1 heterocycles. The summed E-state index contributed by atoms with van der Waals surface area (Å²) in [6.07, 6.45) is 0. The van der Waals surface area contributed by atoms with E-state index in [2.05, 4.69) is 132 Å². The summed E-state index contributed by atoms with van der Waals surface area (Å²) in [5.41, 5.74) is 6.74. The molecule has 30 heavy (non-hydrogen) atoms. The smallest absolute Gasteiger partial charge is 0.144 e. The number of hydrogen-bond donors (Lipinski definition) is 0. The molecule has 0 N–H and O–H groups in total. The second-order valence-electron chi connectivity index (χ2n) is 7.09. The first-order valence-electron chi connectivity index (χ1n) is 9.91. The number of hydrogen-bond acceptors (Lipinski definition) is 1. The van der Waals surface area contributed by atoms with Gasteiger partial charge in [0, 0.05) is 25.8 Å². The summed E-state index contributed by atoms with van der Waals surface area (Å²) in [4.78, 5) is 0. The van der Waals surface area contributed by atoms with Gasteiger partial charge in [-0.1, -0.05) is 109 Å². The number of benzene rings is 4. The first-order valence-corrected chi connectivity index (χ1v) is 11.0. The lowest BCUT2D eigenvalue weighted by Crippen LogP contribution is -1.87. The summed E-state index contributed by atoms with van der Waals surface area (Å²) < 4.78 is 7.87. The molecule has 2 heteroatoms. The SMILES string of the molecule is Ic1ccccc1-c1oc(-c2ccccc2)c(-c2ccccc2)c1-c1ccccc1. The van der Waals surface area contributed by atoms with E-state index in [1.807, 2.05) is 6.07 Å². The lowest BCUT2D eigenvalue weighted by atomic mass is 9.91. The van der Waals surface area contributed by atoms with Crippen LogP contribution in [0.2, 0.25) is 0 Å². The van der Waals surface area contributed by atoms with E-state index in [1.54, 1.807) is 0 Å². The third-order valence-electron chi connectivity index (χ3n) is 5.19. The van der Waals surface area contributed by atoms with E-state index in [4.69, 9.17) is 4.42 Å². The van der Waals surface area contributed by atoms with Crippen molar-refractivity contribution in [1.82, 2.24) is 0 Å². The van der Waals surface area contributed by atoms with Crippen molar-refractivity contribution >= 4 is 22.6 Å². The van der Waals surface area contributed by atoms with Crippen molar-refractivity contribution in [3.63, 3.8) is 0 Å². The third kappa shape index (κ3) is 3.48. The number of rotatable bonds is 4. The van der Waals surface area contributed by atoms with Gasteiger partial charge in [0.15, 0.2) is 0 Å². The minimum Gasteiger partial charge on any atom is -0.455 e. The maximum Gasteiger partial charge on any atom is 0.144 e. The highest BCUT2D eigenvalue weighted by molar-refractivity contribution is 14.1. The van der Waals surface area contributed by atoms with Crippen molar-refractivity contribution < 1.29 is 4.42 Å². The molecule has 0 aliphatic carbocycles. The molecule has 5 rings (SSSR count). The molecule has 1 nitrogen and oxygen atoms in total. The first-order chi connectivity index (χ1) is 14.8. The molecule has 4 aromatic carbocycles. The van der Waals surface area contributed by atoms with E-state index in [1.165, 1.54) is 3.57 Å². The fraction of sp³-hybridized carbons (Fsp3) is 0.